The van der Waals surface area contributed by atoms with Gasteiger partial charge in [0, 0.05) is 18.4 Å². The molecule has 0 saturated heterocycles. The molecular weight excluding hydrogens is 428 g/mol. The van der Waals surface area contributed by atoms with Gasteiger partial charge in [-0.15, -0.1) is 16.8 Å². The number of carbonyl (C=O) groups is 1. The van der Waals surface area contributed by atoms with E-state index < -0.39 is 5.56 Å². The molecule has 0 saturated carbocycles. The van der Waals surface area contributed by atoms with E-state index in [4.69, 9.17) is 5.73 Å². The van der Waals surface area contributed by atoms with Gasteiger partial charge < -0.3 is 10.3 Å². The van der Waals surface area contributed by atoms with Gasteiger partial charge in [0.1, 0.15) is 5.82 Å². The maximum Gasteiger partial charge on any atom is 0.275 e. The summed E-state index contributed by atoms with van der Waals surface area (Å²) in [6.07, 6.45) is 1.64. The van der Waals surface area contributed by atoms with Crippen LogP contribution in [0.25, 0.3) is 0 Å². The summed E-state index contributed by atoms with van der Waals surface area (Å²) in [4.78, 5) is 27.8. The van der Waals surface area contributed by atoms with Crippen LogP contribution in [0.1, 0.15) is 5.56 Å². The molecule has 0 aliphatic carbocycles. The highest BCUT2D eigenvalue weighted by Crippen LogP contribution is 2.28. The quantitative estimate of drug-likeness (QED) is 0.223. The molecule has 2 aromatic heterocycles. The Hall–Kier alpha value is -2.63. The third kappa shape index (κ3) is 6.17. The fourth-order valence-electron chi connectivity index (χ4n) is 2.25. The number of nitrogens with one attached hydrogen (secondary N) is 1. The monoisotopic (exact) mass is 446 g/mol. The number of benzene rings is 1. The van der Waals surface area contributed by atoms with Crippen molar-refractivity contribution in [3.8, 4) is 0 Å². The molecule has 0 bridgehead atoms. The minimum atomic E-state index is -0.449. The summed E-state index contributed by atoms with van der Waals surface area (Å²) in [5.74, 6) is 0.838. The van der Waals surface area contributed by atoms with Crippen LogP contribution >= 0.6 is 34.9 Å². The third-order valence-electron chi connectivity index (χ3n) is 3.52. The lowest BCUT2D eigenvalue weighted by Gasteiger charge is -2.12. The van der Waals surface area contributed by atoms with E-state index in [-0.39, 0.29) is 17.5 Å². The Morgan fingerprint density at radius 3 is 2.83 bits per heavy atom. The Bertz CT molecular complexity index is 1050. The van der Waals surface area contributed by atoms with Crippen LogP contribution in [0.4, 0.5) is 10.9 Å². The maximum atomic E-state index is 12.2. The Balaban J connectivity index is 1.55. The standard InChI is InChI=1S/C18H18N6O2S3/c1-2-8-24-13(19)9-14(25)21-17(24)27-11-15(26)20-16-22-23-18(29-16)28-10-12-6-4-3-5-7-12/h2-7,9H,1,8,10-11,19H2,(H,20,22,26). The van der Waals surface area contributed by atoms with Crippen molar-refractivity contribution in [3.63, 3.8) is 0 Å². The molecule has 1 aromatic carbocycles. The van der Waals surface area contributed by atoms with Crippen LogP contribution in [-0.4, -0.2) is 31.4 Å². The predicted molar refractivity (Wildman–Crippen MR) is 118 cm³/mol. The molecule has 3 rings (SSSR count). The van der Waals surface area contributed by atoms with Crippen LogP contribution in [0, 0.1) is 0 Å². The number of thioether (sulfide) groups is 2. The van der Waals surface area contributed by atoms with E-state index in [9.17, 15) is 9.59 Å². The normalized spacial score (nSPS) is 10.6. The topological polar surface area (TPSA) is 116 Å². The van der Waals surface area contributed by atoms with Crippen LogP contribution in [-0.2, 0) is 17.1 Å². The first-order chi connectivity index (χ1) is 14.0. The van der Waals surface area contributed by atoms with Gasteiger partial charge in [0.05, 0.1) is 5.75 Å². The van der Waals surface area contributed by atoms with Crippen molar-refractivity contribution in [3.05, 3.63) is 65.0 Å². The van der Waals surface area contributed by atoms with Gasteiger partial charge in [-0.3, -0.25) is 14.9 Å². The number of nitrogens with two attached hydrogens (primary N) is 1. The molecule has 3 aromatic rings. The van der Waals surface area contributed by atoms with Gasteiger partial charge in [0.25, 0.3) is 5.56 Å². The summed E-state index contributed by atoms with van der Waals surface area (Å²) in [5.41, 5.74) is 6.59. The molecule has 0 radical (unpaired) electrons. The van der Waals surface area contributed by atoms with Crippen molar-refractivity contribution in [2.45, 2.75) is 21.8 Å². The molecule has 3 N–H and O–H groups in total. The summed E-state index contributed by atoms with van der Waals surface area (Å²) in [6, 6.07) is 11.3. The molecule has 0 unspecified atom stereocenters. The van der Waals surface area contributed by atoms with Gasteiger partial charge in [0.15, 0.2) is 9.50 Å². The number of anilines is 2. The fourth-order valence-corrected chi connectivity index (χ4v) is 4.79. The van der Waals surface area contributed by atoms with Crippen molar-refractivity contribution in [1.29, 1.82) is 0 Å². The summed E-state index contributed by atoms with van der Waals surface area (Å²) in [6.45, 7) is 4.05. The largest absolute Gasteiger partial charge is 0.385 e. The second-order valence-corrected chi connectivity index (χ2v) is 8.83. The molecule has 0 fully saturated rings. The molecular formula is C18H18N6O2S3. The van der Waals surface area contributed by atoms with Gasteiger partial charge in [-0.1, -0.05) is 71.3 Å². The number of carbonyl (C=O) groups excluding carboxylic acids is 1. The van der Waals surface area contributed by atoms with E-state index in [2.05, 4.69) is 27.1 Å². The van der Waals surface area contributed by atoms with Crippen molar-refractivity contribution >= 4 is 51.7 Å². The lowest BCUT2D eigenvalue weighted by atomic mass is 10.2. The second kappa shape index (κ2) is 10.2. The molecule has 8 nitrogen and oxygen atoms in total. The molecule has 29 heavy (non-hydrogen) atoms. The third-order valence-corrected chi connectivity index (χ3v) is 6.54. The van der Waals surface area contributed by atoms with Crippen LogP contribution in [0.15, 0.2) is 63.3 Å². The number of allylic oxidation sites excluding steroid dienone is 1. The van der Waals surface area contributed by atoms with Crippen LogP contribution in [0.2, 0.25) is 0 Å². The van der Waals surface area contributed by atoms with Crippen molar-refractivity contribution < 1.29 is 4.79 Å². The zero-order valence-electron chi connectivity index (χ0n) is 15.3. The highest BCUT2D eigenvalue weighted by atomic mass is 32.2. The van der Waals surface area contributed by atoms with Crippen molar-refractivity contribution in [2.75, 3.05) is 16.8 Å². The molecule has 0 aliphatic rings. The first-order valence-electron chi connectivity index (χ1n) is 8.46. The molecule has 0 spiro atoms. The first-order valence-corrected chi connectivity index (χ1v) is 11.2. The first kappa shape index (κ1) is 21.1. The van der Waals surface area contributed by atoms with Gasteiger partial charge in [-0.2, -0.15) is 4.98 Å². The Kier molecular flexibility index (Phi) is 7.44. The van der Waals surface area contributed by atoms with Crippen LogP contribution < -0.4 is 16.6 Å². The van der Waals surface area contributed by atoms with Gasteiger partial charge in [-0.25, -0.2) is 0 Å². The lowest BCUT2D eigenvalue weighted by molar-refractivity contribution is -0.113. The number of hydrogen-bond donors (Lipinski definition) is 2. The maximum absolute atomic E-state index is 12.2. The number of hydrogen-bond acceptors (Lipinski definition) is 9. The van der Waals surface area contributed by atoms with E-state index >= 15 is 0 Å². The lowest BCUT2D eigenvalue weighted by Crippen LogP contribution is -2.19. The summed E-state index contributed by atoms with van der Waals surface area (Å²) in [5, 5.41) is 11.6. The predicted octanol–water partition coefficient (Wildman–Crippen LogP) is 2.89. The van der Waals surface area contributed by atoms with Crippen molar-refractivity contribution in [2.24, 2.45) is 0 Å². The van der Waals surface area contributed by atoms with E-state index in [1.165, 1.54) is 23.0 Å². The van der Waals surface area contributed by atoms with Gasteiger partial charge in [-0.05, 0) is 5.56 Å². The Labute approximate surface area is 179 Å². The molecule has 0 atom stereocenters. The van der Waals surface area contributed by atoms with Crippen molar-refractivity contribution in [1.82, 2.24) is 19.7 Å². The molecule has 0 aliphatic heterocycles. The minimum absolute atomic E-state index is 0.0547. The Morgan fingerprint density at radius 2 is 2.07 bits per heavy atom. The summed E-state index contributed by atoms with van der Waals surface area (Å²) in [7, 11) is 0. The van der Waals surface area contributed by atoms with E-state index in [0.717, 1.165) is 21.9 Å². The van der Waals surface area contributed by atoms with E-state index in [0.29, 0.717) is 16.8 Å². The Morgan fingerprint density at radius 1 is 1.28 bits per heavy atom. The van der Waals surface area contributed by atoms with Gasteiger partial charge in [0.2, 0.25) is 11.0 Å². The zero-order chi connectivity index (χ0) is 20.6. The summed E-state index contributed by atoms with van der Waals surface area (Å²) >= 11 is 3.99. The van der Waals surface area contributed by atoms with Crippen LogP contribution in [0.5, 0.6) is 0 Å². The minimum Gasteiger partial charge on any atom is -0.385 e. The number of amides is 1. The fraction of sp³-hybridized carbons (Fsp3) is 0.167. The molecule has 1 amide bonds. The van der Waals surface area contributed by atoms with E-state index in [1.807, 2.05) is 30.3 Å². The smallest absolute Gasteiger partial charge is 0.275 e. The summed E-state index contributed by atoms with van der Waals surface area (Å²) < 4.78 is 2.39. The number of nitrogens with zero attached hydrogens (tertiary/aromatic N) is 4. The SMILES string of the molecule is C=CCn1c(N)cc(=O)nc1SCC(=O)Nc1nnc(SCc2ccccc2)s1. The van der Waals surface area contributed by atoms with E-state index in [1.54, 1.807) is 22.4 Å². The zero-order valence-corrected chi connectivity index (χ0v) is 17.7. The highest BCUT2D eigenvalue weighted by molar-refractivity contribution is 8.00. The molecule has 11 heteroatoms. The molecule has 150 valence electrons. The number of aromatic nitrogens is 4. The van der Waals surface area contributed by atoms with Gasteiger partial charge >= 0.3 is 0 Å². The second-order valence-electron chi connectivity index (χ2n) is 5.69. The highest BCUT2D eigenvalue weighted by Gasteiger charge is 2.12. The average Bonchev–Trinajstić information content (AvgIpc) is 3.15. The van der Waals surface area contributed by atoms with Crippen LogP contribution in [0.3, 0.4) is 0 Å². The molecule has 2 heterocycles. The number of nitrogen functional groups attached to an aromatic ring is 1. The number of rotatable bonds is 9. The average molecular weight is 447 g/mol.